The zero-order valence-corrected chi connectivity index (χ0v) is 9.98. The van der Waals surface area contributed by atoms with Gasteiger partial charge in [-0.05, 0) is 18.6 Å². The largest absolute Gasteiger partial charge is 0.477 e. The minimum Gasteiger partial charge on any atom is -0.477 e. The van der Waals surface area contributed by atoms with E-state index >= 15 is 0 Å². The molecule has 0 unspecified atom stereocenters. The normalized spacial score (nSPS) is 10.2. The number of anilines is 1. The Labute approximate surface area is 101 Å². The Hall–Kier alpha value is -1.78. The number of carbonyl (C=O) groups is 1. The van der Waals surface area contributed by atoms with Gasteiger partial charge in [0.25, 0.3) is 0 Å². The van der Waals surface area contributed by atoms with Crippen molar-refractivity contribution in [2.45, 2.75) is 32.6 Å². The van der Waals surface area contributed by atoms with Gasteiger partial charge in [-0.2, -0.15) is 0 Å². The molecule has 0 aliphatic heterocycles. The van der Waals surface area contributed by atoms with Crippen LogP contribution < -0.4 is 10.5 Å². The van der Waals surface area contributed by atoms with Crippen LogP contribution in [0.1, 0.15) is 43.1 Å². The van der Waals surface area contributed by atoms with Crippen LogP contribution in [0.2, 0.25) is 0 Å². The van der Waals surface area contributed by atoms with Crippen LogP contribution in [0.25, 0.3) is 0 Å². The van der Waals surface area contributed by atoms with Crippen molar-refractivity contribution in [1.29, 1.82) is 0 Å². The molecule has 0 aliphatic carbocycles. The van der Waals surface area contributed by atoms with E-state index in [1.165, 1.54) is 18.6 Å². The molecule has 0 saturated carbocycles. The van der Waals surface area contributed by atoms with Crippen molar-refractivity contribution >= 4 is 11.7 Å². The molecule has 17 heavy (non-hydrogen) atoms. The Balaban J connectivity index is 2.51. The molecule has 5 nitrogen and oxygen atoms in total. The number of aromatic nitrogens is 1. The monoisotopic (exact) mass is 238 g/mol. The van der Waals surface area contributed by atoms with Crippen LogP contribution in [0.4, 0.5) is 5.69 Å². The topological polar surface area (TPSA) is 85.4 Å². The molecule has 0 amide bonds. The molecule has 0 fully saturated rings. The lowest BCUT2D eigenvalue weighted by Gasteiger charge is -2.08. The van der Waals surface area contributed by atoms with E-state index in [-0.39, 0.29) is 11.6 Å². The van der Waals surface area contributed by atoms with Crippen molar-refractivity contribution in [3.63, 3.8) is 0 Å². The van der Waals surface area contributed by atoms with E-state index < -0.39 is 5.97 Å². The molecular formula is C12H18N2O3. The maximum atomic E-state index is 10.7. The first-order chi connectivity index (χ1) is 8.15. The van der Waals surface area contributed by atoms with Crippen LogP contribution in [0.5, 0.6) is 5.88 Å². The van der Waals surface area contributed by atoms with E-state index in [4.69, 9.17) is 15.6 Å². The molecule has 0 aromatic carbocycles. The summed E-state index contributed by atoms with van der Waals surface area (Å²) in [6.07, 6.45) is 4.34. The molecule has 0 radical (unpaired) electrons. The Morgan fingerprint density at radius 3 is 2.82 bits per heavy atom. The fourth-order valence-electron chi connectivity index (χ4n) is 1.38. The van der Waals surface area contributed by atoms with Gasteiger partial charge in [-0.1, -0.05) is 26.2 Å². The summed E-state index contributed by atoms with van der Waals surface area (Å²) in [6, 6.07) is 2.86. The van der Waals surface area contributed by atoms with Gasteiger partial charge in [-0.3, -0.25) is 0 Å². The van der Waals surface area contributed by atoms with Crippen LogP contribution in [-0.4, -0.2) is 22.7 Å². The highest BCUT2D eigenvalue weighted by Gasteiger charge is 2.09. The van der Waals surface area contributed by atoms with E-state index in [2.05, 4.69) is 11.9 Å². The molecule has 5 heteroatoms. The van der Waals surface area contributed by atoms with Crippen molar-refractivity contribution < 1.29 is 14.6 Å². The highest BCUT2D eigenvalue weighted by atomic mass is 16.5. The van der Waals surface area contributed by atoms with Crippen LogP contribution in [-0.2, 0) is 0 Å². The fraction of sp³-hybridized carbons (Fsp3) is 0.500. The maximum Gasteiger partial charge on any atom is 0.354 e. The number of hydrogen-bond donors (Lipinski definition) is 2. The summed E-state index contributed by atoms with van der Waals surface area (Å²) < 4.78 is 5.37. The number of unbranched alkanes of at least 4 members (excludes halogenated alkanes) is 3. The number of hydrogen-bond acceptors (Lipinski definition) is 4. The molecule has 1 heterocycles. The number of nitrogen functional groups attached to an aromatic ring is 1. The van der Waals surface area contributed by atoms with Gasteiger partial charge in [0.05, 0.1) is 12.3 Å². The number of carboxylic acids is 1. The highest BCUT2D eigenvalue weighted by Crippen LogP contribution is 2.18. The summed E-state index contributed by atoms with van der Waals surface area (Å²) in [5.41, 5.74) is 5.96. The average molecular weight is 238 g/mol. The Morgan fingerprint density at radius 2 is 2.18 bits per heavy atom. The quantitative estimate of drug-likeness (QED) is 0.712. The fourth-order valence-corrected chi connectivity index (χ4v) is 1.38. The van der Waals surface area contributed by atoms with Crippen molar-refractivity contribution in [1.82, 2.24) is 4.98 Å². The van der Waals surface area contributed by atoms with Crippen molar-refractivity contribution in [2.24, 2.45) is 0 Å². The standard InChI is InChI=1S/C12H18N2O3/c1-2-3-4-5-8-17-11-9(13)6-7-10(14-11)12(15)16/h6-7H,2-5,8,13H2,1H3,(H,15,16). The number of pyridine rings is 1. The lowest BCUT2D eigenvalue weighted by molar-refractivity contribution is 0.0689. The summed E-state index contributed by atoms with van der Waals surface area (Å²) in [7, 11) is 0. The zero-order chi connectivity index (χ0) is 12.7. The lowest BCUT2D eigenvalue weighted by atomic mass is 10.2. The molecule has 3 N–H and O–H groups in total. The van der Waals surface area contributed by atoms with E-state index in [1.807, 2.05) is 0 Å². The number of carboxylic acid groups (broad SMARTS) is 1. The Kier molecular flexibility index (Phi) is 5.26. The van der Waals surface area contributed by atoms with Crippen molar-refractivity contribution in [3.05, 3.63) is 17.8 Å². The lowest BCUT2D eigenvalue weighted by Crippen LogP contribution is -2.06. The van der Waals surface area contributed by atoms with Crippen LogP contribution in [0.3, 0.4) is 0 Å². The third-order valence-electron chi connectivity index (χ3n) is 2.35. The molecule has 0 bridgehead atoms. The van der Waals surface area contributed by atoms with Crippen molar-refractivity contribution in [2.75, 3.05) is 12.3 Å². The molecule has 0 atom stereocenters. The number of ether oxygens (including phenoxy) is 1. The van der Waals surface area contributed by atoms with Gasteiger partial charge in [0.2, 0.25) is 5.88 Å². The van der Waals surface area contributed by atoms with Crippen molar-refractivity contribution in [3.8, 4) is 5.88 Å². The van der Waals surface area contributed by atoms with E-state index in [0.717, 1.165) is 19.3 Å². The van der Waals surface area contributed by atoms with Gasteiger partial charge in [0.15, 0.2) is 5.69 Å². The maximum absolute atomic E-state index is 10.7. The predicted molar refractivity (Wildman–Crippen MR) is 65.2 cm³/mol. The zero-order valence-electron chi connectivity index (χ0n) is 9.98. The van der Waals surface area contributed by atoms with Gasteiger partial charge in [-0.15, -0.1) is 0 Å². The van der Waals surface area contributed by atoms with E-state index in [0.29, 0.717) is 12.3 Å². The molecule has 1 aromatic heterocycles. The second-order valence-electron chi connectivity index (χ2n) is 3.81. The van der Waals surface area contributed by atoms with Gasteiger partial charge >= 0.3 is 5.97 Å². The molecule has 0 spiro atoms. The first-order valence-corrected chi connectivity index (χ1v) is 5.77. The average Bonchev–Trinajstić information content (AvgIpc) is 2.30. The molecule has 0 aliphatic rings. The van der Waals surface area contributed by atoms with E-state index in [9.17, 15) is 4.79 Å². The van der Waals surface area contributed by atoms with Gasteiger partial charge in [0.1, 0.15) is 0 Å². The number of aromatic carboxylic acids is 1. The Morgan fingerprint density at radius 1 is 1.41 bits per heavy atom. The molecule has 1 aromatic rings. The molecule has 0 saturated heterocycles. The summed E-state index contributed by atoms with van der Waals surface area (Å²) >= 11 is 0. The van der Waals surface area contributed by atoms with Crippen LogP contribution in [0.15, 0.2) is 12.1 Å². The van der Waals surface area contributed by atoms with Crippen LogP contribution >= 0.6 is 0 Å². The molecule has 1 rings (SSSR count). The second kappa shape index (κ2) is 6.73. The van der Waals surface area contributed by atoms with Gasteiger partial charge in [0, 0.05) is 0 Å². The molecular weight excluding hydrogens is 220 g/mol. The summed E-state index contributed by atoms with van der Waals surface area (Å²) in [5, 5.41) is 8.78. The summed E-state index contributed by atoms with van der Waals surface area (Å²) in [5.74, 6) is -0.873. The predicted octanol–water partition coefficient (Wildman–Crippen LogP) is 2.32. The number of nitrogens with zero attached hydrogens (tertiary/aromatic N) is 1. The number of rotatable bonds is 7. The smallest absolute Gasteiger partial charge is 0.354 e. The van der Waals surface area contributed by atoms with E-state index in [1.54, 1.807) is 0 Å². The highest BCUT2D eigenvalue weighted by molar-refractivity contribution is 5.86. The third-order valence-corrected chi connectivity index (χ3v) is 2.35. The third kappa shape index (κ3) is 4.30. The second-order valence-corrected chi connectivity index (χ2v) is 3.81. The SMILES string of the molecule is CCCCCCOc1nc(C(=O)O)ccc1N. The minimum absolute atomic E-state index is 0.0530. The first-order valence-electron chi connectivity index (χ1n) is 5.77. The minimum atomic E-state index is -1.08. The van der Waals surface area contributed by atoms with Gasteiger partial charge in [-0.25, -0.2) is 9.78 Å². The Bertz CT molecular complexity index is 380. The summed E-state index contributed by atoms with van der Waals surface area (Å²) in [4.78, 5) is 14.6. The molecule has 94 valence electrons. The number of nitrogens with two attached hydrogens (primary N) is 1. The van der Waals surface area contributed by atoms with Crippen LogP contribution in [0, 0.1) is 0 Å². The first kappa shape index (κ1) is 13.3. The summed E-state index contributed by atoms with van der Waals surface area (Å²) in [6.45, 7) is 2.65. The van der Waals surface area contributed by atoms with Gasteiger partial charge < -0.3 is 15.6 Å².